The van der Waals surface area contributed by atoms with Crippen LogP contribution in [0.1, 0.15) is 64.1 Å². The van der Waals surface area contributed by atoms with Crippen LogP contribution in [0, 0.1) is 20.2 Å². The predicted molar refractivity (Wildman–Crippen MR) is 217 cm³/mol. The van der Waals surface area contributed by atoms with Gasteiger partial charge in [0.1, 0.15) is 17.3 Å². The molecule has 264 valence electrons. The van der Waals surface area contributed by atoms with Crippen molar-refractivity contribution >= 4 is 21.8 Å². The van der Waals surface area contributed by atoms with Crippen molar-refractivity contribution in [1.82, 2.24) is 14.1 Å². The first kappa shape index (κ1) is 34.2. The van der Waals surface area contributed by atoms with Gasteiger partial charge in [0.15, 0.2) is 0 Å². The van der Waals surface area contributed by atoms with Gasteiger partial charge in [0.05, 0.1) is 33.8 Å². The summed E-state index contributed by atoms with van der Waals surface area (Å²) in [6.07, 6.45) is 5.59. The van der Waals surface area contributed by atoms with Crippen molar-refractivity contribution in [3.63, 3.8) is 0 Å². The molecule has 0 saturated carbocycles. The monoisotopic (exact) mass is 694 g/mol. The van der Waals surface area contributed by atoms with Crippen molar-refractivity contribution in [3.05, 3.63) is 162 Å². The topological polar surface area (TPSA) is 35.9 Å². The fourth-order valence-electron chi connectivity index (χ4n) is 7.14. The lowest BCUT2D eigenvalue weighted by Crippen LogP contribution is -2.33. The van der Waals surface area contributed by atoms with Gasteiger partial charge in [-0.3, -0.25) is 13.7 Å². The molecular weight excluding hydrogens is 649 g/mol. The van der Waals surface area contributed by atoms with Crippen molar-refractivity contribution in [2.24, 2.45) is 0 Å². The second-order valence-corrected chi connectivity index (χ2v) is 16.1. The van der Waals surface area contributed by atoms with Crippen LogP contribution in [0.2, 0.25) is 0 Å². The average molecular weight is 695 g/mol. The van der Waals surface area contributed by atoms with E-state index in [0.29, 0.717) is 0 Å². The van der Waals surface area contributed by atoms with Crippen LogP contribution in [0.3, 0.4) is 0 Å². The molecule has 5 aromatic carbocycles. The summed E-state index contributed by atoms with van der Waals surface area (Å²) in [5.41, 5.74) is 11.4. The fourth-order valence-corrected chi connectivity index (χ4v) is 7.14. The molecule has 8 rings (SSSR count). The Morgan fingerprint density at radius 3 is 2.09 bits per heavy atom. The molecule has 0 aliphatic carbocycles. The van der Waals surface area contributed by atoms with Gasteiger partial charge in [-0.05, 0) is 108 Å². The van der Waals surface area contributed by atoms with E-state index < -0.39 is 0 Å². The van der Waals surface area contributed by atoms with Crippen LogP contribution in [0.25, 0.3) is 50.1 Å². The SMILES string of the molecule is Cc1c(C)[n+](-c2cc(-c3ccccc3)cc(C(C)(C)C)c2)[c-]n1-c1cccc(Oc2ccc3c4ccccc4n(-c4cc(C(C)(C)C)ccn4)c3c2)c1. The van der Waals surface area contributed by atoms with Crippen LogP contribution in [0.15, 0.2) is 134 Å². The molecule has 5 heteroatoms. The van der Waals surface area contributed by atoms with E-state index in [-0.39, 0.29) is 10.8 Å². The molecule has 0 unspecified atom stereocenters. The maximum absolute atomic E-state index is 6.63. The van der Waals surface area contributed by atoms with E-state index in [0.717, 1.165) is 56.5 Å². The number of imidazole rings is 1. The van der Waals surface area contributed by atoms with Crippen molar-refractivity contribution in [2.75, 3.05) is 0 Å². The molecule has 0 N–H and O–H groups in total. The van der Waals surface area contributed by atoms with Crippen LogP contribution in [0.5, 0.6) is 11.5 Å². The zero-order valence-corrected chi connectivity index (χ0v) is 31.9. The van der Waals surface area contributed by atoms with E-state index >= 15 is 0 Å². The van der Waals surface area contributed by atoms with Gasteiger partial charge in [-0.25, -0.2) is 4.98 Å². The summed E-state index contributed by atoms with van der Waals surface area (Å²) >= 11 is 0. The maximum atomic E-state index is 6.63. The lowest BCUT2D eigenvalue weighted by Gasteiger charge is -2.22. The van der Waals surface area contributed by atoms with Crippen LogP contribution in [-0.4, -0.2) is 14.1 Å². The Morgan fingerprint density at radius 1 is 0.604 bits per heavy atom. The minimum atomic E-state index is -0.0123. The van der Waals surface area contributed by atoms with Gasteiger partial charge in [0.25, 0.3) is 6.33 Å². The molecule has 0 aliphatic heterocycles. The molecule has 0 bridgehead atoms. The van der Waals surface area contributed by atoms with Crippen LogP contribution in [0.4, 0.5) is 0 Å². The lowest BCUT2D eigenvalue weighted by atomic mass is 9.85. The highest BCUT2D eigenvalue weighted by Crippen LogP contribution is 2.36. The molecule has 0 fully saturated rings. The van der Waals surface area contributed by atoms with Crippen molar-refractivity contribution in [3.8, 4) is 39.8 Å². The Balaban J connectivity index is 1.17. The molecule has 0 spiro atoms. The van der Waals surface area contributed by atoms with Gasteiger partial charge >= 0.3 is 0 Å². The molecule has 0 aliphatic rings. The number of benzene rings is 5. The molecule has 0 saturated heterocycles. The Kier molecular flexibility index (Phi) is 8.33. The molecular formula is C48H46N4O. The largest absolute Gasteiger partial charge is 0.458 e. The minimum Gasteiger partial charge on any atom is -0.458 e. The third-order valence-corrected chi connectivity index (χ3v) is 10.3. The molecule has 3 aromatic heterocycles. The summed E-state index contributed by atoms with van der Waals surface area (Å²) in [5, 5.41) is 2.35. The van der Waals surface area contributed by atoms with Gasteiger partial charge < -0.3 is 4.74 Å². The third kappa shape index (κ3) is 6.42. The highest BCUT2D eigenvalue weighted by atomic mass is 16.5. The van der Waals surface area contributed by atoms with Gasteiger partial charge in [0.2, 0.25) is 0 Å². The molecule has 0 amide bonds. The fraction of sp³-hybridized carbons (Fsp3) is 0.208. The van der Waals surface area contributed by atoms with Crippen LogP contribution < -0.4 is 9.30 Å². The summed E-state index contributed by atoms with van der Waals surface area (Å²) in [6, 6.07) is 44.9. The highest BCUT2D eigenvalue weighted by molar-refractivity contribution is 6.09. The van der Waals surface area contributed by atoms with Gasteiger partial charge in [-0.15, -0.1) is 0 Å². The average Bonchev–Trinajstić information content (AvgIpc) is 3.64. The van der Waals surface area contributed by atoms with Crippen LogP contribution >= 0.6 is 0 Å². The zero-order valence-electron chi connectivity index (χ0n) is 31.9. The first-order valence-electron chi connectivity index (χ1n) is 18.4. The Hall–Kier alpha value is -5.94. The van der Waals surface area contributed by atoms with Crippen molar-refractivity contribution < 1.29 is 9.30 Å². The quantitative estimate of drug-likeness (QED) is 0.128. The number of rotatable bonds is 6. The number of nitrogens with zero attached hydrogens (tertiary/aromatic N) is 4. The number of fused-ring (bicyclic) bond motifs is 3. The Morgan fingerprint density at radius 2 is 1.32 bits per heavy atom. The normalized spacial score (nSPS) is 12.2. The smallest absolute Gasteiger partial charge is 0.269 e. The van der Waals surface area contributed by atoms with Crippen molar-refractivity contribution in [1.29, 1.82) is 0 Å². The lowest BCUT2D eigenvalue weighted by molar-refractivity contribution is -0.606. The van der Waals surface area contributed by atoms with Gasteiger partial charge in [-0.2, -0.15) is 0 Å². The number of para-hydroxylation sites is 1. The summed E-state index contributed by atoms with van der Waals surface area (Å²) in [6.45, 7) is 17.8. The maximum Gasteiger partial charge on any atom is 0.269 e. The third-order valence-electron chi connectivity index (χ3n) is 10.3. The minimum absolute atomic E-state index is 0.00458. The van der Waals surface area contributed by atoms with E-state index in [1.807, 2.05) is 18.3 Å². The first-order chi connectivity index (χ1) is 25.3. The molecule has 3 heterocycles. The molecule has 0 radical (unpaired) electrons. The van der Waals surface area contributed by atoms with E-state index in [1.165, 1.54) is 27.6 Å². The molecule has 5 nitrogen and oxygen atoms in total. The summed E-state index contributed by atoms with van der Waals surface area (Å²) in [5.74, 6) is 2.41. The number of hydrogen-bond donors (Lipinski definition) is 0. The van der Waals surface area contributed by atoms with E-state index in [4.69, 9.17) is 9.72 Å². The predicted octanol–water partition coefficient (Wildman–Crippen LogP) is 11.7. The summed E-state index contributed by atoms with van der Waals surface area (Å²) in [7, 11) is 0. The van der Waals surface area contributed by atoms with E-state index in [9.17, 15) is 0 Å². The number of hydrogen-bond acceptors (Lipinski definition) is 2. The van der Waals surface area contributed by atoms with Crippen molar-refractivity contribution in [2.45, 2.75) is 66.2 Å². The Bertz CT molecular complexity index is 2630. The summed E-state index contributed by atoms with van der Waals surface area (Å²) in [4.78, 5) is 4.84. The first-order valence-corrected chi connectivity index (χ1v) is 18.4. The Labute approximate surface area is 312 Å². The highest BCUT2D eigenvalue weighted by Gasteiger charge is 2.21. The van der Waals surface area contributed by atoms with E-state index in [2.05, 4.69) is 191 Å². The van der Waals surface area contributed by atoms with Crippen LogP contribution in [-0.2, 0) is 10.8 Å². The molecule has 0 atom stereocenters. The summed E-state index contributed by atoms with van der Waals surface area (Å²) < 4.78 is 13.2. The number of pyridine rings is 1. The standard InChI is InChI=1S/C48H46N4O/c1-32-33(2)51(39-26-35(34-15-10-9-11-16-34)25-37(27-39)48(6,7)8)31-50(32)38-17-14-18-40(29-38)53-41-21-22-43-42-19-12-13-20-44(42)52(45(43)30-41)46-28-36(23-24-49-46)47(3,4)5/h9-30H,1-8H3. The zero-order chi connectivity index (χ0) is 37.1. The molecule has 8 aromatic rings. The van der Waals surface area contributed by atoms with Gasteiger partial charge in [-0.1, -0.05) is 102 Å². The van der Waals surface area contributed by atoms with E-state index in [1.54, 1.807) is 0 Å². The number of aromatic nitrogens is 4. The second kappa shape index (κ2) is 12.9. The molecule has 53 heavy (non-hydrogen) atoms. The number of ether oxygens (including phenoxy) is 1. The van der Waals surface area contributed by atoms with Gasteiger partial charge in [0, 0.05) is 23.0 Å². The second-order valence-electron chi connectivity index (χ2n) is 16.1.